The number of esters is 2. The lowest BCUT2D eigenvalue weighted by molar-refractivity contribution is -0.155. The van der Waals surface area contributed by atoms with Crippen molar-refractivity contribution >= 4 is 28.8 Å². The molecule has 0 heterocycles. The van der Waals surface area contributed by atoms with E-state index in [9.17, 15) is 14.4 Å². The number of alkyl carbamates (subject to hydrolysis) is 1. The van der Waals surface area contributed by atoms with Crippen molar-refractivity contribution < 1.29 is 28.6 Å². The summed E-state index contributed by atoms with van der Waals surface area (Å²) in [6.45, 7) is 12.5. The van der Waals surface area contributed by atoms with Crippen LogP contribution in [0.15, 0.2) is 42.5 Å². The summed E-state index contributed by atoms with van der Waals surface area (Å²) in [5, 5.41) is 4.92. The normalized spacial score (nSPS) is 12.6. The van der Waals surface area contributed by atoms with Crippen LogP contribution in [0, 0.1) is 16.7 Å². The molecule has 0 fully saturated rings. The van der Waals surface area contributed by atoms with E-state index < -0.39 is 11.5 Å². The van der Waals surface area contributed by atoms with E-state index in [0.29, 0.717) is 25.1 Å². The van der Waals surface area contributed by atoms with Gasteiger partial charge in [-0.2, -0.15) is 0 Å². The zero-order valence-electron chi connectivity index (χ0n) is 23.2. The molecule has 0 saturated heterocycles. The van der Waals surface area contributed by atoms with Gasteiger partial charge < -0.3 is 19.5 Å². The Balaban J connectivity index is 1.62. The Labute approximate surface area is 221 Å². The summed E-state index contributed by atoms with van der Waals surface area (Å²) >= 11 is 0. The van der Waals surface area contributed by atoms with Crippen LogP contribution in [0.1, 0.15) is 73.6 Å². The first-order valence-corrected chi connectivity index (χ1v) is 13.2. The Kier molecular flexibility index (Phi) is 11.4. The van der Waals surface area contributed by atoms with Gasteiger partial charge in [-0.05, 0) is 73.8 Å². The van der Waals surface area contributed by atoms with E-state index in [4.69, 9.17) is 14.2 Å². The van der Waals surface area contributed by atoms with Crippen molar-refractivity contribution in [1.29, 1.82) is 0 Å². The molecule has 37 heavy (non-hydrogen) atoms. The SMILES string of the molecule is CCC(C)(C)C(=O)OCCOC(=O)NCC(C)CC(C)(C)CCCC(=O)Oc1ccc2ccccc2c1. The van der Waals surface area contributed by atoms with Gasteiger partial charge in [0.15, 0.2) is 0 Å². The molecule has 2 rings (SSSR count). The van der Waals surface area contributed by atoms with Crippen LogP contribution in [0.2, 0.25) is 0 Å². The van der Waals surface area contributed by atoms with Crippen LogP contribution >= 0.6 is 0 Å². The van der Waals surface area contributed by atoms with Crippen LogP contribution < -0.4 is 10.1 Å². The standard InChI is InChI=1S/C30H43NO6/c1-7-30(5,6)27(33)35-17-18-36-28(34)31-21-22(2)20-29(3,4)16-10-13-26(32)37-25-15-14-23-11-8-9-12-24(23)19-25/h8-9,11-12,14-15,19,22H,7,10,13,16-18,20-21H2,1-6H3,(H,31,34). The number of fused-ring (bicyclic) bond motifs is 1. The van der Waals surface area contributed by atoms with Gasteiger partial charge in [-0.1, -0.05) is 58.0 Å². The monoisotopic (exact) mass is 513 g/mol. The molecule has 0 aliphatic carbocycles. The summed E-state index contributed by atoms with van der Waals surface area (Å²) in [6, 6.07) is 13.6. The second-order valence-corrected chi connectivity index (χ2v) is 11.2. The van der Waals surface area contributed by atoms with E-state index in [1.807, 2.05) is 63.2 Å². The van der Waals surface area contributed by atoms with E-state index in [0.717, 1.165) is 30.0 Å². The third-order valence-electron chi connectivity index (χ3n) is 6.67. The van der Waals surface area contributed by atoms with E-state index >= 15 is 0 Å². The van der Waals surface area contributed by atoms with Gasteiger partial charge in [0.2, 0.25) is 0 Å². The third kappa shape index (κ3) is 10.8. The van der Waals surface area contributed by atoms with E-state index in [-0.39, 0.29) is 36.5 Å². The summed E-state index contributed by atoms with van der Waals surface area (Å²) in [5.74, 6) is 0.275. The fourth-order valence-corrected chi connectivity index (χ4v) is 4.16. The van der Waals surface area contributed by atoms with E-state index in [1.54, 1.807) is 0 Å². The fourth-order valence-electron chi connectivity index (χ4n) is 4.16. The first-order chi connectivity index (χ1) is 17.4. The van der Waals surface area contributed by atoms with Crippen molar-refractivity contribution in [3.05, 3.63) is 42.5 Å². The molecule has 0 aromatic heterocycles. The number of rotatable bonds is 14. The van der Waals surface area contributed by atoms with Gasteiger partial charge in [-0.15, -0.1) is 0 Å². The van der Waals surface area contributed by atoms with Crippen LogP contribution in [0.4, 0.5) is 4.79 Å². The second-order valence-electron chi connectivity index (χ2n) is 11.2. The molecule has 1 atom stereocenters. The minimum Gasteiger partial charge on any atom is -0.462 e. The quantitative estimate of drug-likeness (QED) is 0.172. The molecule has 7 nitrogen and oxygen atoms in total. The third-order valence-corrected chi connectivity index (χ3v) is 6.67. The molecule has 1 N–H and O–H groups in total. The average Bonchev–Trinajstić information content (AvgIpc) is 2.84. The number of hydrogen-bond acceptors (Lipinski definition) is 6. The van der Waals surface area contributed by atoms with Gasteiger partial charge in [0, 0.05) is 13.0 Å². The van der Waals surface area contributed by atoms with Crippen molar-refractivity contribution in [1.82, 2.24) is 5.32 Å². The Bertz CT molecular complexity index is 1050. The van der Waals surface area contributed by atoms with Gasteiger partial charge in [-0.25, -0.2) is 4.79 Å². The lowest BCUT2D eigenvalue weighted by Crippen LogP contribution is -2.32. The maximum Gasteiger partial charge on any atom is 0.407 e. The van der Waals surface area contributed by atoms with Crippen LogP contribution in [0.25, 0.3) is 10.8 Å². The highest BCUT2D eigenvalue weighted by molar-refractivity contribution is 5.84. The van der Waals surface area contributed by atoms with E-state index in [2.05, 4.69) is 26.1 Å². The lowest BCUT2D eigenvalue weighted by atomic mass is 9.79. The maximum atomic E-state index is 12.3. The van der Waals surface area contributed by atoms with Gasteiger partial charge >= 0.3 is 18.0 Å². The highest BCUT2D eigenvalue weighted by Crippen LogP contribution is 2.31. The number of ether oxygens (including phenoxy) is 3. The van der Waals surface area contributed by atoms with Gasteiger partial charge in [-0.3, -0.25) is 9.59 Å². The zero-order chi connectivity index (χ0) is 27.5. The summed E-state index contributed by atoms with van der Waals surface area (Å²) in [5.41, 5.74) is -0.531. The summed E-state index contributed by atoms with van der Waals surface area (Å²) in [4.78, 5) is 36.2. The Hall–Kier alpha value is -3.09. The lowest BCUT2D eigenvalue weighted by Gasteiger charge is -2.28. The number of hydrogen-bond donors (Lipinski definition) is 1. The highest BCUT2D eigenvalue weighted by Gasteiger charge is 2.27. The number of amides is 1. The number of carbonyl (C=O) groups excluding carboxylic acids is 3. The molecule has 0 bridgehead atoms. The number of nitrogens with one attached hydrogen (secondary N) is 1. The summed E-state index contributed by atoms with van der Waals surface area (Å²) in [6.07, 6.45) is 3.00. The molecular formula is C30H43NO6. The Morgan fingerprint density at radius 2 is 1.62 bits per heavy atom. The molecule has 0 aliphatic heterocycles. The largest absolute Gasteiger partial charge is 0.462 e. The van der Waals surface area contributed by atoms with Crippen molar-refractivity contribution in [2.45, 2.75) is 73.6 Å². The smallest absolute Gasteiger partial charge is 0.407 e. The molecule has 0 aliphatic rings. The molecule has 0 radical (unpaired) electrons. The molecule has 2 aromatic rings. The van der Waals surface area contributed by atoms with Crippen LogP contribution in [-0.2, 0) is 19.1 Å². The van der Waals surface area contributed by atoms with Crippen LogP contribution in [0.5, 0.6) is 5.75 Å². The molecule has 204 valence electrons. The number of carbonyl (C=O) groups is 3. The summed E-state index contributed by atoms with van der Waals surface area (Å²) in [7, 11) is 0. The first-order valence-electron chi connectivity index (χ1n) is 13.2. The summed E-state index contributed by atoms with van der Waals surface area (Å²) < 4.78 is 15.8. The fraction of sp³-hybridized carbons (Fsp3) is 0.567. The van der Waals surface area contributed by atoms with Crippen molar-refractivity contribution in [3.63, 3.8) is 0 Å². The highest BCUT2D eigenvalue weighted by atomic mass is 16.6. The van der Waals surface area contributed by atoms with Gasteiger partial charge in [0.1, 0.15) is 19.0 Å². The Morgan fingerprint density at radius 1 is 0.946 bits per heavy atom. The average molecular weight is 514 g/mol. The molecular weight excluding hydrogens is 470 g/mol. The van der Waals surface area contributed by atoms with Crippen molar-refractivity contribution in [3.8, 4) is 5.75 Å². The Morgan fingerprint density at radius 3 is 2.32 bits per heavy atom. The topological polar surface area (TPSA) is 90.9 Å². The van der Waals surface area contributed by atoms with Crippen molar-refractivity contribution in [2.24, 2.45) is 16.7 Å². The molecule has 1 amide bonds. The predicted octanol–water partition coefficient (Wildman–Crippen LogP) is 6.67. The number of benzene rings is 2. The molecule has 0 spiro atoms. The second kappa shape index (κ2) is 14.0. The maximum absolute atomic E-state index is 12.3. The molecule has 7 heteroatoms. The van der Waals surface area contributed by atoms with E-state index in [1.165, 1.54) is 0 Å². The first kappa shape index (κ1) is 30.1. The minimum absolute atomic E-state index is 0.00845. The predicted molar refractivity (Wildman–Crippen MR) is 145 cm³/mol. The van der Waals surface area contributed by atoms with Crippen molar-refractivity contribution in [2.75, 3.05) is 19.8 Å². The minimum atomic E-state index is -0.540. The molecule has 1 unspecified atom stereocenters. The van der Waals surface area contributed by atoms with Gasteiger partial charge in [0.05, 0.1) is 5.41 Å². The zero-order valence-corrected chi connectivity index (χ0v) is 23.2. The molecule has 0 saturated carbocycles. The van der Waals surface area contributed by atoms with Crippen LogP contribution in [0.3, 0.4) is 0 Å². The van der Waals surface area contributed by atoms with Gasteiger partial charge in [0.25, 0.3) is 0 Å². The van der Waals surface area contributed by atoms with Crippen LogP contribution in [-0.4, -0.2) is 37.8 Å². The molecule has 2 aromatic carbocycles.